The SMILES string of the molecule is CNC(Cc1ccc(Br)cn1)Cc1ccccc1F. The van der Waals surface area contributed by atoms with Gasteiger partial charge in [0.15, 0.2) is 0 Å². The fourth-order valence-electron chi connectivity index (χ4n) is 1.99. The number of halogens is 2. The summed E-state index contributed by atoms with van der Waals surface area (Å²) in [6, 6.07) is 11.0. The molecule has 0 amide bonds. The standard InChI is InChI=1S/C15H16BrFN2/c1-18-14(8-11-4-2-3-5-15(11)17)9-13-7-6-12(16)10-19-13/h2-7,10,14,18H,8-9H2,1H3. The van der Waals surface area contributed by atoms with Crippen molar-refractivity contribution in [3.8, 4) is 0 Å². The molecule has 1 aromatic carbocycles. The molecule has 0 aliphatic heterocycles. The van der Waals surface area contributed by atoms with Crippen LogP contribution in [0.1, 0.15) is 11.3 Å². The van der Waals surface area contributed by atoms with Gasteiger partial charge in [-0.3, -0.25) is 4.98 Å². The Hall–Kier alpha value is -1.26. The van der Waals surface area contributed by atoms with Crippen LogP contribution in [0.2, 0.25) is 0 Å². The molecule has 1 aromatic heterocycles. The normalized spacial score (nSPS) is 12.4. The van der Waals surface area contributed by atoms with E-state index in [4.69, 9.17) is 0 Å². The lowest BCUT2D eigenvalue weighted by Gasteiger charge is -2.16. The molecule has 0 spiro atoms. The molecule has 0 fully saturated rings. The van der Waals surface area contributed by atoms with Gasteiger partial charge in [-0.15, -0.1) is 0 Å². The van der Waals surface area contributed by atoms with Crippen molar-refractivity contribution in [1.29, 1.82) is 0 Å². The van der Waals surface area contributed by atoms with Gasteiger partial charge in [0.25, 0.3) is 0 Å². The summed E-state index contributed by atoms with van der Waals surface area (Å²) in [7, 11) is 1.89. The van der Waals surface area contributed by atoms with Crippen LogP contribution >= 0.6 is 15.9 Å². The third-order valence-electron chi connectivity index (χ3n) is 3.08. The second kappa shape index (κ2) is 6.78. The number of rotatable bonds is 5. The molecule has 0 saturated carbocycles. The van der Waals surface area contributed by atoms with E-state index in [1.807, 2.05) is 31.3 Å². The third-order valence-corrected chi connectivity index (χ3v) is 3.55. The van der Waals surface area contributed by atoms with E-state index >= 15 is 0 Å². The quantitative estimate of drug-likeness (QED) is 0.913. The van der Waals surface area contributed by atoms with Crippen LogP contribution in [-0.2, 0) is 12.8 Å². The fourth-order valence-corrected chi connectivity index (χ4v) is 2.22. The predicted molar refractivity (Wildman–Crippen MR) is 78.6 cm³/mol. The van der Waals surface area contributed by atoms with E-state index in [2.05, 4.69) is 26.2 Å². The molecule has 4 heteroatoms. The van der Waals surface area contributed by atoms with Crippen LogP contribution < -0.4 is 5.32 Å². The topological polar surface area (TPSA) is 24.9 Å². The summed E-state index contributed by atoms with van der Waals surface area (Å²) in [6.45, 7) is 0. The minimum atomic E-state index is -0.147. The van der Waals surface area contributed by atoms with E-state index in [0.29, 0.717) is 6.42 Å². The Morgan fingerprint density at radius 2 is 2.00 bits per heavy atom. The number of aromatic nitrogens is 1. The van der Waals surface area contributed by atoms with E-state index in [0.717, 1.165) is 22.2 Å². The summed E-state index contributed by atoms with van der Waals surface area (Å²) >= 11 is 3.36. The Balaban J connectivity index is 2.05. The molecule has 1 atom stereocenters. The van der Waals surface area contributed by atoms with Gasteiger partial charge in [-0.1, -0.05) is 18.2 Å². The first-order chi connectivity index (χ1) is 9.19. The molecule has 0 aliphatic carbocycles. The molecule has 2 aromatic rings. The summed E-state index contributed by atoms with van der Waals surface area (Å²) in [5.74, 6) is -0.147. The van der Waals surface area contributed by atoms with Crippen LogP contribution in [0.4, 0.5) is 4.39 Å². The smallest absolute Gasteiger partial charge is 0.126 e. The Labute approximate surface area is 121 Å². The van der Waals surface area contributed by atoms with Crippen molar-refractivity contribution in [3.63, 3.8) is 0 Å². The number of hydrogen-bond donors (Lipinski definition) is 1. The molecule has 2 rings (SSSR count). The van der Waals surface area contributed by atoms with Gasteiger partial charge < -0.3 is 5.32 Å². The first-order valence-corrected chi connectivity index (χ1v) is 6.99. The molecular formula is C15H16BrFN2. The van der Waals surface area contributed by atoms with Crippen molar-refractivity contribution in [2.75, 3.05) is 7.05 Å². The summed E-state index contributed by atoms with van der Waals surface area (Å²) in [5, 5.41) is 3.22. The maximum atomic E-state index is 13.6. The molecule has 0 saturated heterocycles. The molecule has 0 bridgehead atoms. The first-order valence-electron chi connectivity index (χ1n) is 6.20. The average Bonchev–Trinajstić information content (AvgIpc) is 2.43. The Bertz CT molecular complexity index is 528. The molecule has 19 heavy (non-hydrogen) atoms. The summed E-state index contributed by atoms with van der Waals surface area (Å²) in [6.07, 6.45) is 3.21. The van der Waals surface area contributed by atoms with Crippen LogP contribution in [0.5, 0.6) is 0 Å². The first kappa shape index (κ1) is 14.2. The molecule has 2 nitrogen and oxygen atoms in total. The van der Waals surface area contributed by atoms with Gasteiger partial charge in [0.1, 0.15) is 5.82 Å². The summed E-state index contributed by atoms with van der Waals surface area (Å²) in [5.41, 5.74) is 1.73. The molecule has 1 heterocycles. The highest BCUT2D eigenvalue weighted by atomic mass is 79.9. The lowest BCUT2D eigenvalue weighted by Crippen LogP contribution is -2.30. The van der Waals surface area contributed by atoms with Gasteiger partial charge in [-0.2, -0.15) is 0 Å². The Kier molecular flexibility index (Phi) is 5.05. The van der Waals surface area contributed by atoms with Crippen LogP contribution in [-0.4, -0.2) is 18.1 Å². The molecule has 1 unspecified atom stereocenters. The molecule has 100 valence electrons. The van der Waals surface area contributed by atoms with Crippen LogP contribution in [0, 0.1) is 5.82 Å². The van der Waals surface area contributed by atoms with Crippen molar-refractivity contribution in [2.45, 2.75) is 18.9 Å². The average molecular weight is 323 g/mol. The van der Waals surface area contributed by atoms with E-state index in [1.54, 1.807) is 12.3 Å². The molecule has 0 aliphatic rings. The van der Waals surface area contributed by atoms with Gasteiger partial charge in [0, 0.05) is 28.8 Å². The molecule has 1 N–H and O–H groups in total. The predicted octanol–water partition coefficient (Wildman–Crippen LogP) is 3.36. The Morgan fingerprint density at radius 3 is 2.63 bits per heavy atom. The van der Waals surface area contributed by atoms with Gasteiger partial charge in [-0.05, 0) is 53.2 Å². The number of nitrogens with one attached hydrogen (secondary N) is 1. The molecule has 0 radical (unpaired) electrons. The van der Waals surface area contributed by atoms with Gasteiger partial charge >= 0.3 is 0 Å². The number of hydrogen-bond acceptors (Lipinski definition) is 2. The lowest BCUT2D eigenvalue weighted by molar-refractivity contribution is 0.528. The highest BCUT2D eigenvalue weighted by molar-refractivity contribution is 9.10. The zero-order chi connectivity index (χ0) is 13.7. The fraction of sp³-hybridized carbons (Fsp3) is 0.267. The number of nitrogens with zero attached hydrogens (tertiary/aromatic N) is 1. The van der Waals surface area contributed by atoms with Crippen molar-refractivity contribution in [1.82, 2.24) is 10.3 Å². The van der Waals surface area contributed by atoms with Crippen LogP contribution in [0.15, 0.2) is 47.1 Å². The highest BCUT2D eigenvalue weighted by Gasteiger charge is 2.11. The zero-order valence-corrected chi connectivity index (χ0v) is 12.3. The second-order valence-electron chi connectivity index (χ2n) is 4.45. The van der Waals surface area contributed by atoms with Crippen molar-refractivity contribution in [3.05, 3.63) is 64.1 Å². The molecular weight excluding hydrogens is 307 g/mol. The second-order valence-corrected chi connectivity index (χ2v) is 5.37. The number of likely N-dealkylation sites (N-methyl/N-ethyl adjacent to an activating group) is 1. The zero-order valence-electron chi connectivity index (χ0n) is 10.7. The van der Waals surface area contributed by atoms with Crippen LogP contribution in [0.3, 0.4) is 0 Å². The highest BCUT2D eigenvalue weighted by Crippen LogP contribution is 2.13. The van der Waals surface area contributed by atoms with E-state index in [-0.39, 0.29) is 11.9 Å². The van der Waals surface area contributed by atoms with Gasteiger partial charge in [0.2, 0.25) is 0 Å². The number of benzene rings is 1. The van der Waals surface area contributed by atoms with Crippen molar-refractivity contribution < 1.29 is 4.39 Å². The minimum Gasteiger partial charge on any atom is -0.316 e. The largest absolute Gasteiger partial charge is 0.316 e. The monoisotopic (exact) mass is 322 g/mol. The maximum Gasteiger partial charge on any atom is 0.126 e. The van der Waals surface area contributed by atoms with Gasteiger partial charge in [0.05, 0.1) is 0 Å². The lowest BCUT2D eigenvalue weighted by atomic mass is 10.0. The van der Waals surface area contributed by atoms with E-state index in [9.17, 15) is 4.39 Å². The maximum absolute atomic E-state index is 13.6. The minimum absolute atomic E-state index is 0.147. The van der Waals surface area contributed by atoms with E-state index in [1.165, 1.54) is 6.07 Å². The summed E-state index contributed by atoms with van der Waals surface area (Å²) < 4.78 is 14.6. The van der Waals surface area contributed by atoms with Crippen molar-refractivity contribution >= 4 is 15.9 Å². The third kappa shape index (κ3) is 4.11. The summed E-state index contributed by atoms with van der Waals surface area (Å²) in [4.78, 5) is 4.35. The Morgan fingerprint density at radius 1 is 1.21 bits per heavy atom. The van der Waals surface area contributed by atoms with Crippen LogP contribution in [0.25, 0.3) is 0 Å². The van der Waals surface area contributed by atoms with Gasteiger partial charge in [-0.25, -0.2) is 4.39 Å². The van der Waals surface area contributed by atoms with Crippen molar-refractivity contribution in [2.24, 2.45) is 0 Å². The number of pyridine rings is 1. The van der Waals surface area contributed by atoms with E-state index < -0.39 is 0 Å².